The van der Waals surface area contributed by atoms with Gasteiger partial charge in [-0.1, -0.05) is 36.4 Å². The maximum absolute atomic E-state index is 4.52. The molecule has 0 saturated carbocycles. The fourth-order valence-electron chi connectivity index (χ4n) is 1.98. The van der Waals surface area contributed by atoms with Crippen LogP contribution in [-0.2, 0) is 0 Å². The number of benzene rings is 1. The van der Waals surface area contributed by atoms with E-state index < -0.39 is 0 Å². The van der Waals surface area contributed by atoms with Crippen LogP contribution < -0.4 is 0 Å². The Morgan fingerprint density at radius 3 is 2.37 bits per heavy atom. The first kappa shape index (κ1) is 12.1. The van der Waals surface area contributed by atoms with Gasteiger partial charge in [-0.3, -0.25) is 9.97 Å². The lowest BCUT2D eigenvalue weighted by Gasteiger charge is -2.08. The van der Waals surface area contributed by atoms with Gasteiger partial charge in [0.05, 0.1) is 11.4 Å². The number of pyridine rings is 2. The normalized spacial score (nSPS) is 10.4. The van der Waals surface area contributed by atoms with Gasteiger partial charge in [-0.2, -0.15) is 0 Å². The summed E-state index contributed by atoms with van der Waals surface area (Å²) in [6.07, 6.45) is 3.59. The van der Waals surface area contributed by atoms with Crippen LogP contribution in [0.25, 0.3) is 22.5 Å². The smallest absolute Gasteiger partial charge is 0.0965 e. The summed E-state index contributed by atoms with van der Waals surface area (Å²) in [5.41, 5.74) is 3.99. The largest absolute Gasteiger partial charge is 0.255 e. The summed E-state index contributed by atoms with van der Waals surface area (Å²) < 4.78 is 0.964. The number of hydrogen-bond donors (Lipinski definition) is 0. The highest BCUT2D eigenvalue weighted by molar-refractivity contribution is 9.10. The van der Waals surface area contributed by atoms with Crippen LogP contribution in [0.5, 0.6) is 0 Å². The minimum atomic E-state index is 0.883. The highest BCUT2D eigenvalue weighted by Gasteiger charge is 2.10. The minimum Gasteiger partial charge on any atom is -0.255 e. The second kappa shape index (κ2) is 5.33. The number of hydrogen-bond acceptors (Lipinski definition) is 2. The van der Waals surface area contributed by atoms with Gasteiger partial charge < -0.3 is 0 Å². The standard InChI is InChI=1S/C16H11BrN2/c17-13-10-14(12-6-2-1-3-7-12)16(19-11-13)15-8-4-5-9-18-15/h1-11H. The fraction of sp³-hybridized carbons (Fsp3) is 0. The summed E-state index contributed by atoms with van der Waals surface area (Å²) in [7, 11) is 0. The molecule has 0 amide bonds. The maximum Gasteiger partial charge on any atom is 0.0965 e. The molecule has 3 aromatic rings. The van der Waals surface area contributed by atoms with Gasteiger partial charge in [0.2, 0.25) is 0 Å². The van der Waals surface area contributed by atoms with Crippen molar-refractivity contribution in [3.8, 4) is 22.5 Å². The molecule has 92 valence electrons. The lowest BCUT2D eigenvalue weighted by Crippen LogP contribution is -1.91. The van der Waals surface area contributed by atoms with Crippen LogP contribution in [0.15, 0.2) is 71.5 Å². The molecule has 19 heavy (non-hydrogen) atoms. The summed E-state index contributed by atoms with van der Waals surface area (Å²) in [5.74, 6) is 0. The third-order valence-corrected chi connectivity index (χ3v) is 3.28. The Bertz CT molecular complexity index is 682. The predicted molar refractivity (Wildman–Crippen MR) is 80.6 cm³/mol. The summed E-state index contributed by atoms with van der Waals surface area (Å²) in [6, 6.07) is 18.2. The van der Waals surface area contributed by atoms with Gasteiger partial charge in [0.15, 0.2) is 0 Å². The zero-order chi connectivity index (χ0) is 13.1. The third-order valence-electron chi connectivity index (χ3n) is 2.85. The van der Waals surface area contributed by atoms with E-state index in [0.717, 1.165) is 27.0 Å². The Morgan fingerprint density at radius 1 is 0.842 bits per heavy atom. The van der Waals surface area contributed by atoms with Crippen LogP contribution in [0.1, 0.15) is 0 Å². The lowest BCUT2D eigenvalue weighted by molar-refractivity contribution is 1.24. The summed E-state index contributed by atoms with van der Waals surface area (Å²) in [5, 5.41) is 0. The molecule has 1 aromatic carbocycles. The zero-order valence-corrected chi connectivity index (χ0v) is 11.7. The first-order valence-corrected chi connectivity index (χ1v) is 6.76. The highest BCUT2D eigenvalue weighted by Crippen LogP contribution is 2.31. The lowest BCUT2D eigenvalue weighted by atomic mass is 10.0. The number of rotatable bonds is 2. The second-order valence-electron chi connectivity index (χ2n) is 4.13. The molecule has 3 rings (SSSR count). The molecule has 0 aliphatic heterocycles. The summed E-state index contributed by atoms with van der Waals surface area (Å²) >= 11 is 3.48. The topological polar surface area (TPSA) is 25.8 Å². The average molecular weight is 311 g/mol. The first-order chi connectivity index (χ1) is 9.34. The van der Waals surface area contributed by atoms with Gasteiger partial charge in [0.1, 0.15) is 0 Å². The third kappa shape index (κ3) is 2.56. The maximum atomic E-state index is 4.52. The molecule has 0 fully saturated rings. The van der Waals surface area contributed by atoms with E-state index >= 15 is 0 Å². The highest BCUT2D eigenvalue weighted by atomic mass is 79.9. The van der Waals surface area contributed by atoms with Gasteiger partial charge >= 0.3 is 0 Å². The Kier molecular flexibility index (Phi) is 3.38. The quantitative estimate of drug-likeness (QED) is 0.692. The Balaban J connectivity index is 2.21. The number of aromatic nitrogens is 2. The molecule has 3 heteroatoms. The molecule has 0 unspecified atom stereocenters. The van der Waals surface area contributed by atoms with E-state index in [0.29, 0.717) is 0 Å². The zero-order valence-electron chi connectivity index (χ0n) is 10.1. The van der Waals surface area contributed by atoms with Crippen molar-refractivity contribution < 1.29 is 0 Å². The molecule has 0 saturated heterocycles. The van der Waals surface area contributed by atoms with Crippen molar-refractivity contribution in [2.45, 2.75) is 0 Å². The molecule has 0 radical (unpaired) electrons. The van der Waals surface area contributed by atoms with Crippen LogP contribution >= 0.6 is 15.9 Å². The van der Waals surface area contributed by atoms with E-state index in [-0.39, 0.29) is 0 Å². The molecule has 2 aromatic heterocycles. The summed E-state index contributed by atoms with van der Waals surface area (Å²) in [4.78, 5) is 8.90. The van der Waals surface area contributed by atoms with Crippen molar-refractivity contribution in [1.82, 2.24) is 9.97 Å². The van der Waals surface area contributed by atoms with Gasteiger partial charge in [-0.25, -0.2) is 0 Å². The molecule has 0 aliphatic carbocycles. The van der Waals surface area contributed by atoms with Crippen molar-refractivity contribution >= 4 is 15.9 Å². The fourth-order valence-corrected chi connectivity index (χ4v) is 2.32. The van der Waals surface area contributed by atoms with Crippen LogP contribution in [0, 0.1) is 0 Å². The Morgan fingerprint density at radius 2 is 1.63 bits per heavy atom. The van der Waals surface area contributed by atoms with E-state index in [1.54, 1.807) is 12.4 Å². The van der Waals surface area contributed by atoms with E-state index in [1.165, 1.54) is 0 Å². The first-order valence-electron chi connectivity index (χ1n) is 5.97. The van der Waals surface area contributed by atoms with Crippen molar-refractivity contribution in [2.24, 2.45) is 0 Å². The van der Waals surface area contributed by atoms with E-state index in [1.807, 2.05) is 36.4 Å². The number of nitrogens with zero attached hydrogens (tertiary/aromatic N) is 2. The molecule has 0 bridgehead atoms. The molecule has 0 aliphatic rings. The van der Waals surface area contributed by atoms with Crippen LogP contribution in [-0.4, -0.2) is 9.97 Å². The van der Waals surface area contributed by atoms with Crippen LogP contribution in [0.3, 0.4) is 0 Å². The van der Waals surface area contributed by atoms with E-state index in [4.69, 9.17) is 0 Å². The Hall–Kier alpha value is -2.00. The van der Waals surface area contributed by atoms with E-state index in [9.17, 15) is 0 Å². The molecule has 0 spiro atoms. The SMILES string of the molecule is Brc1cnc(-c2ccccn2)c(-c2ccccc2)c1. The molecular formula is C16H11BrN2. The van der Waals surface area contributed by atoms with Gasteiger partial charge in [0.25, 0.3) is 0 Å². The van der Waals surface area contributed by atoms with Crippen molar-refractivity contribution in [3.05, 3.63) is 71.5 Å². The summed E-state index contributed by atoms with van der Waals surface area (Å²) in [6.45, 7) is 0. The van der Waals surface area contributed by atoms with Crippen molar-refractivity contribution in [3.63, 3.8) is 0 Å². The molecule has 0 N–H and O–H groups in total. The molecular weight excluding hydrogens is 300 g/mol. The van der Waals surface area contributed by atoms with Crippen molar-refractivity contribution in [2.75, 3.05) is 0 Å². The molecule has 0 atom stereocenters. The monoisotopic (exact) mass is 310 g/mol. The van der Waals surface area contributed by atoms with Crippen LogP contribution in [0.2, 0.25) is 0 Å². The number of halogens is 1. The van der Waals surface area contributed by atoms with E-state index in [2.05, 4.69) is 44.1 Å². The Labute approximate surface area is 120 Å². The minimum absolute atomic E-state index is 0.883. The van der Waals surface area contributed by atoms with Crippen molar-refractivity contribution in [1.29, 1.82) is 0 Å². The second-order valence-corrected chi connectivity index (χ2v) is 5.05. The van der Waals surface area contributed by atoms with Crippen LogP contribution in [0.4, 0.5) is 0 Å². The molecule has 2 nitrogen and oxygen atoms in total. The molecule has 2 heterocycles. The average Bonchev–Trinajstić information content (AvgIpc) is 2.49. The predicted octanol–water partition coefficient (Wildman–Crippen LogP) is 4.57. The van der Waals surface area contributed by atoms with Gasteiger partial charge in [-0.05, 0) is 39.7 Å². The van der Waals surface area contributed by atoms with Gasteiger partial charge in [0, 0.05) is 22.4 Å². The van der Waals surface area contributed by atoms with Gasteiger partial charge in [-0.15, -0.1) is 0 Å².